The van der Waals surface area contributed by atoms with E-state index in [-0.39, 0.29) is 71.0 Å². The molecule has 0 amide bonds. The summed E-state index contributed by atoms with van der Waals surface area (Å²) in [5.41, 5.74) is 1.67. The van der Waals surface area contributed by atoms with E-state index in [2.05, 4.69) is 0 Å². The summed E-state index contributed by atoms with van der Waals surface area (Å²) in [6, 6.07) is 12.5. The molecule has 266 valence electrons. The predicted molar refractivity (Wildman–Crippen MR) is 182 cm³/mol. The number of hydrogen-bond donors (Lipinski definition) is 3. The first kappa shape index (κ1) is 35.6. The highest BCUT2D eigenvalue weighted by Crippen LogP contribution is 2.44. The maximum atomic E-state index is 12.6. The van der Waals surface area contributed by atoms with Crippen molar-refractivity contribution in [3.8, 4) is 69.0 Å². The molecule has 4 aromatic carbocycles. The summed E-state index contributed by atoms with van der Waals surface area (Å²) >= 11 is 0. The molecule has 0 aromatic heterocycles. The van der Waals surface area contributed by atoms with Gasteiger partial charge >= 0.3 is 0 Å². The van der Waals surface area contributed by atoms with Crippen LogP contribution in [0.3, 0.4) is 0 Å². The van der Waals surface area contributed by atoms with Crippen LogP contribution in [-0.4, -0.2) is 76.0 Å². The molecule has 0 aliphatic carbocycles. The van der Waals surface area contributed by atoms with Crippen molar-refractivity contribution in [1.29, 1.82) is 0 Å². The molecule has 14 heteroatoms. The lowest BCUT2D eigenvalue weighted by atomic mass is 10.1. The Labute approximate surface area is 292 Å². The van der Waals surface area contributed by atoms with Gasteiger partial charge in [0.15, 0.2) is 57.6 Å². The molecule has 14 nitrogen and oxygen atoms in total. The van der Waals surface area contributed by atoms with Crippen LogP contribution >= 0.6 is 0 Å². The highest BCUT2D eigenvalue weighted by molar-refractivity contribution is 6.10. The Morgan fingerprint density at radius 2 is 1.02 bits per heavy atom. The molecular weight excluding hydrogens is 668 g/mol. The van der Waals surface area contributed by atoms with Crippen molar-refractivity contribution in [2.24, 2.45) is 0 Å². The SMILES string of the molecule is COc1ccc(C(=O)/C=C/c2cc(O)c3c(c2)OCO3)c(OC)c1O.COc1ccc(C(=O)/C=C/c2cc(O)c3c(c2)OCO3)c(OC)c1OC. The molecule has 0 saturated carbocycles. The Bertz CT molecular complexity index is 2010. The van der Waals surface area contributed by atoms with Gasteiger partial charge in [-0.25, -0.2) is 0 Å². The second-order valence-electron chi connectivity index (χ2n) is 10.5. The smallest absolute Gasteiger partial charge is 0.231 e. The predicted octanol–water partition coefficient (Wildman–Crippen LogP) is 5.78. The third-order valence-electron chi connectivity index (χ3n) is 7.56. The van der Waals surface area contributed by atoms with E-state index in [1.165, 1.54) is 78.0 Å². The normalized spacial score (nSPS) is 12.3. The van der Waals surface area contributed by atoms with Crippen molar-refractivity contribution in [3.05, 3.63) is 82.9 Å². The molecule has 0 fully saturated rings. The average Bonchev–Trinajstić information content (AvgIpc) is 3.83. The van der Waals surface area contributed by atoms with Gasteiger partial charge in [-0.05, 0) is 71.8 Å². The van der Waals surface area contributed by atoms with E-state index in [1.807, 2.05) is 0 Å². The summed E-state index contributed by atoms with van der Waals surface area (Å²) in [5, 5.41) is 29.9. The summed E-state index contributed by atoms with van der Waals surface area (Å²) in [6.45, 7) is 0.0924. The fraction of sp³-hybridized carbons (Fsp3) is 0.189. The number of hydrogen-bond acceptors (Lipinski definition) is 14. The molecule has 0 radical (unpaired) electrons. The molecule has 0 unspecified atom stereocenters. The van der Waals surface area contributed by atoms with Gasteiger partial charge in [0.2, 0.25) is 36.6 Å². The zero-order valence-corrected chi connectivity index (χ0v) is 28.2. The maximum absolute atomic E-state index is 12.6. The lowest BCUT2D eigenvalue weighted by Crippen LogP contribution is -2.02. The number of methoxy groups -OCH3 is 5. The number of carbonyl (C=O) groups excluding carboxylic acids is 2. The van der Waals surface area contributed by atoms with Gasteiger partial charge in [-0.3, -0.25) is 9.59 Å². The number of ketones is 2. The first-order chi connectivity index (χ1) is 24.6. The van der Waals surface area contributed by atoms with Crippen LogP contribution in [0.25, 0.3) is 12.2 Å². The van der Waals surface area contributed by atoms with Crippen molar-refractivity contribution in [2.75, 3.05) is 49.1 Å². The fourth-order valence-corrected chi connectivity index (χ4v) is 5.15. The minimum atomic E-state index is -0.382. The molecule has 6 rings (SSSR count). The van der Waals surface area contributed by atoms with Gasteiger partial charge in [0.05, 0.1) is 46.7 Å². The number of rotatable bonds is 11. The van der Waals surface area contributed by atoms with Gasteiger partial charge in [-0.15, -0.1) is 0 Å². The van der Waals surface area contributed by atoms with Gasteiger partial charge in [-0.2, -0.15) is 0 Å². The third kappa shape index (κ3) is 7.49. The first-order valence-corrected chi connectivity index (χ1v) is 15.1. The monoisotopic (exact) mass is 702 g/mol. The van der Waals surface area contributed by atoms with E-state index in [9.17, 15) is 24.9 Å². The van der Waals surface area contributed by atoms with Gasteiger partial charge in [0, 0.05) is 0 Å². The van der Waals surface area contributed by atoms with E-state index < -0.39 is 0 Å². The largest absolute Gasteiger partial charge is 0.504 e. The number of ether oxygens (including phenoxy) is 9. The van der Waals surface area contributed by atoms with Crippen LogP contribution in [0.15, 0.2) is 60.7 Å². The van der Waals surface area contributed by atoms with Crippen LogP contribution in [0.4, 0.5) is 0 Å². The van der Waals surface area contributed by atoms with Crippen molar-refractivity contribution < 1.29 is 67.5 Å². The Morgan fingerprint density at radius 3 is 1.47 bits per heavy atom. The zero-order valence-electron chi connectivity index (χ0n) is 28.2. The topological polar surface area (TPSA) is 178 Å². The molecule has 0 saturated heterocycles. The van der Waals surface area contributed by atoms with Crippen molar-refractivity contribution in [3.63, 3.8) is 0 Å². The lowest BCUT2D eigenvalue weighted by Gasteiger charge is -2.14. The van der Waals surface area contributed by atoms with E-state index in [0.29, 0.717) is 45.4 Å². The summed E-state index contributed by atoms with van der Waals surface area (Å²) < 4.78 is 46.7. The summed E-state index contributed by atoms with van der Waals surface area (Å²) in [4.78, 5) is 25.0. The van der Waals surface area contributed by atoms with Crippen LogP contribution in [0.5, 0.6) is 69.0 Å². The van der Waals surface area contributed by atoms with Crippen molar-refractivity contribution in [1.82, 2.24) is 0 Å². The summed E-state index contributed by atoms with van der Waals surface area (Å²) in [7, 11) is 7.19. The molecular formula is C37H34O14. The van der Waals surface area contributed by atoms with Crippen molar-refractivity contribution in [2.45, 2.75) is 0 Å². The zero-order chi connectivity index (χ0) is 36.7. The van der Waals surface area contributed by atoms with Gasteiger partial charge in [-0.1, -0.05) is 12.2 Å². The van der Waals surface area contributed by atoms with Gasteiger partial charge in [0.25, 0.3) is 0 Å². The molecule has 3 N–H and O–H groups in total. The van der Waals surface area contributed by atoms with E-state index in [0.717, 1.165) is 0 Å². The quantitative estimate of drug-likeness (QED) is 0.126. The molecule has 2 heterocycles. The number of phenolic OH excluding ortho intramolecular Hbond substituents is 3. The molecule has 4 aromatic rings. The number of carbonyl (C=O) groups is 2. The Hall–Kier alpha value is -6.70. The fourth-order valence-electron chi connectivity index (χ4n) is 5.15. The van der Waals surface area contributed by atoms with Gasteiger partial charge in [0.1, 0.15) is 0 Å². The molecule has 51 heavy (non-hydrogen) atoms. The van der Waals surface area contributed by atoms with E-state index in [4.69, 9.17) is 42.6 Å². The molecule has 0 atom stereocenters. The lowest BCUT2D eigenvalue weighted by molar-refractivity contribution is 0.103. The van der Waals surface area contributed by atoms with Crippen LogP contribution in [-0.2, 0) is 0 Å². The minimum Gasteiger partial charge on any atom is -0.504 e. The summed E-state index contributed by atoms with van der Waals surface area (Å²) in [6.07, 6.45) is 5.77. The second-order valence-corrected chi connectivity index (χ2v) is 10.5. The van der Waals surface area contributed by atoms with Crippen molar-refractivity contribution >= 4 is 23.7 Å². The third-order valence-corrected chi connectivity index (χ3v) is 7.56. The molecule has 2 aliphatic rings. The van der Waals surface area contributed by atoms with Gasteiger partial charge < -0.3 is 58.0 Å². The second kappa shape index (κ2) is 15.7. The highest BCUT2D eigenvalue weighted by atomic mass is 16.7. The van der Waals surface area contributed by atoms with E-state index in [1.54, 1.807) is 30.3 Å². The first-order valence-electron chi connectivity index (χ1n) is 15.1. The number of benzene rings is 4. The minimum absolute atomic E-state index is 0.0301. The molecule has 2 aliphatic heterocycles. The molecule has 0 bridgehead atoms. The van der Waals surface area contributed by atoms with Crippen LogP contribution in [0.1, 0.15) is 31.8 Å². The number of fused-ring (bicyclic) bond motifs is 2. The Morgan fingerprint density at radius 1 is 0.569 bits per heavy atom. The Kier molecular flexibility index (Phi) is 10.9. The number of aromatic hydroxyl groups is 3. The number of allylic oxidation sites excluding steroid dienone is 2. The Balaban J connectivity index is 0.000000198. The van der Waals surface area contributed by atoms with E-state index >= 15 is 0 Å². The average molecular weight is 703 g/mol. The number of phenols is 3. The van der Waals surface area contributed by atoms with Crippen LogP contribution in [0, 0.1) is 0 Å². The molecule has 0 spiro atoms. The van der Waals surface area contributed by atoms with Crippen LogP contribution in [0.2, 0.25) is 0 Å². The van der Waals surface area contributed by atoms with Crippen LogP contribution < -0.4 is 42.6 Å². The highest BCUT2D eigenvalue weighted by Gasteiger charge is 2.22. The standard InChI is InChI=1S/C19H18O7.C18H16O7/c1-22-15-7-5-12(17(23-2)19(15)24-3)13(20)6-4-11-8-14(21)18-16(9-11)25-10-26-18;1-22-14-6-4-11(17(23-2)16(14)21)12(19)5-3-10-7-13(20)18-15(8-10)24-9-25-18/h4-9,21H,10H2,1-3H3;3-8,20-21H,9H2,1-2H3/b6-4+;5-3+. The summed E-state index contributed by atoms with van der Waals surface area (Å²) in [5.74, 6) is 1.72. The maximum Gasteiger partial charge on any atom is 0.231 e.